The molecule has 0 aliphatic carbocycles. The van der Waals surface area contributed by atoms with Crippen LogP contribution in [0.1, 0.15) is 45.1 Å². The van der Waals surface area contributed by atoms with E-state index in [-0.39, 0.29) is 18.4 Å². The first-order chi connectivity index (χ1) is 12.7. The molecule has 1 heterocycles. The van der Waals surface area contributed by atoms with Gasteiger partial charge in [0, 0.05) is 32.7 Å². The van der Waals surface area contributed by atoms with E-state index in [2.05, 4.69) is 13.8 Å². The summed E-state index contributed by atoms with van der Waals surface area (Å²) in [5, 5.41) is 0. The summed E-state index contributed by atoms with van der Waals surface area (Å²) in [6.45, 7) is 5.95. The number of carbonyl (C=O) groups excluding carboxylic acids is 1. The predicted molar refractivity (Wildman–Crippen MR) is 108 cm³/mol. The topological polar surface area (TPSA) is 83.7 Å². The van der Waals surface area contributed by atoms with Gasteiger partial charge >= 0.3 is 0 Å². The van der Waals surface area contributed by atoms with Crippen LogP contribution in [-0.4, -0.2) is 56.3 Å². The van der Waals surface area contributed by atoms with Crippen molar-refractivity contribution in [1.82, 2.24) is 9.21 Å². The molecule has 0 radical (unpaired) electrons. The summed E-state index contributed by atoms with van der Waals surface area (Å²) in [7, 11) is -1.64. The molecule has 1 atom stereocenters. The van der Waals surface area contributed by atoms with Crippen molar-refractivity contribution in [3.63, 3.8) is 0 Å². The van der Waals surface area contributed by atoms with Crippen LogP contribution in [0.2, 0.25) is 0 Å². The molecule has 0 aromatic heterocycles. The van der Waals surface area contributed by atoms with Crippen LogP contribution in [0.3, 0.4) is 0 Å². The Balaban J connectivity index is 1.93. The number of amides is 1. The molecular weight excluding hydrogens is 362 g/mol. The number of sulfonamides is 1. The summed E-state index contributed by atoms with van der Waals surface area (Å²) in [6.07, 6.45) is 3.95. The molecule has 1 aliphatic rings. The van der Waals surface area contributed by atoms with Gasteiger partial charge in [-0.3, -0.25) is 4.79 Å². The van der Waals surface area contributed by atoms with Crippen molar-refractivity contribution in [2.75, 3.05) is 26.7 Å². The van der Waals surface area contributed by atoms with Crippen LogP contribution in [-0.2, 0) is 21.2 Å². The number of hydrogen-bond acceptors (Lipinski definition) is 4. The van der Waals surface area contributed by atoms with Crippen LogP contribution in [0.4, 0.5) is 0 Å². The number of nitrogens with zero attached hydrogens (tertiary/aromatic N) is 2. The summed E-state index contributed by atoms with van der Waals surface area (Å²) in [6, 6.07) is 6.78. The van der Waals surface area contributed by atoms with Crippen molar-refractivity contribution >= 4 is 15.9 Å². The molecule has 7 heteroatoms. The van der Waals surface area contributed by atoms with Crippen molar-refractivity contribution in [3.05, 3.63) is 29.8 Å². The lowest BCUT2D eigenvalue weighted by atomic mass is 10.0. The number of carbonyl (C=O) groups is 1. The summed E-state index contributed by atoms with van der Waals surface area (Å²) in [5.74, 6) is 0.403. The van der Waals surface area contributed by atoms with Gasteiger partial charge in [-0.15, -0.1) is 0 Å². The van der Waals surface area contributed by atoms with E-state index in [0.29, 0.717) is 30.4 Å². The van der Waals surface area contributed by atoms with Crippen LogP contribution in [0, 0.1) is 5.92 Å². The fraction of sp³-hybridized carbons (Fsp3) is 0.650. The Bertz CT molecular complexity index is 710. The zero-order chi connectivity index (χ0) is 20.0. The number of likely N-dealkylation sites (N-methyl/N-ethyl adjacent to an activating group) is 1. The molecule has 152 valence electrons. The molecule has 1 saturated heterocycles. The first kappa shape index (κ1) is 21.9. The normalized spacial score (nSPS) is 17.1. The van der Waals surface area contributed by atoms with Crippen molar-refractivity contribution in [1.29, 1.82) is 0 Å². The second-order valence-corrected chi connectivity index (χ2v) is 9.74. The zero-order valence-corrected chi connectivity index (χ0v) is 17.5. The highest BCUT2D eigenvalue weighted by Crippen LogP contribution is 2.21. The molecule has 1 amide bonds. The Labute approximate surface area is 163 Å². The van der Waals surface area contributed by atoms with Gasteiger partial charge in [-0.05, 0) is 42.9 Å². The lowest BCUT2D eigenvalue weighted by Crippen LogP contribution is -2.35. The quantitative estimate of drug-likeness (QED) is 0.732. The fourth-order valence-corrected chi connectivity index (χ4v) is 4.66. The highest BCUT2D eigenvalue weighted by atomic mass is 32.2. The number of piperidine rings is 1. The highest BCUT2D eigenvalue weighted by molar-refractivity contribution is 7.89. The fourth-order valence-electron chi connectivity index (χ4n) is 3.14. The maximum atomic E-state index is 12.7. The van der Waals surface area contributed by atoms with Gasteiger partial charge in [0.15, 0.2) is 0 Å². The second-order valence-electron chi connectivity index (χ2n) is 7.80. The standard InChI is InChI=1S/C20H33N3O3S/c1-16(2)19(21)11-14-22(3)20(24)15-17-7-9-18(10-8-17)27(25,26)23-12-5-4-6-13-23/h7-10,16,19H,4-6,11-15,21H2,1-3H3. The Morgan fingerprint density at radius 3 is 2.30 bits per heavy atom. The lowest BCUT2D eigenvalue weighted by Gasteiger charge is -2.26. The summed E-state index contributed by atoms with van der Waals surface area (Å²) in [5.41, 5.74) is 6.85. The zero-order valence-electron chi connectivity index (χ0n) is 16.7. The maximum Gasteiger partial charge on any atom is 0.243 e. The molecule has 1 aromatic rings. The average molecular weight is 396 g/mol. The molecule has 1 unspecified atom stereocenters. The Morgan fingerprint density at radius 1 is 1.15 bits per heavy atom. The first-order valence-corrected chi connectivity index (χ1v) is 11.2. The van der Waals surface area contributed by atoms with E-state index in [4.69, 9.17) is 5.73 Å². The highest BCUT2D eigenvalue weighted by Gasteiger charge is 2.25. The Morgan fingerprint density at radius 2 is 1.74 bits per heavy atom. The van der Waals surface area contributed by atoms with Crippen LogP contribution >= 0.6 is 0 Å². The summed E-state index contributed by atoms with van der Waals surface area (Å²) >= 11 is 0. The van der Waals surface area contributed by atoms with E-state index in [9.17, 15) is 13.2 Å². The van der Waals surface area contributed by atoms with Crippen molar-refractivity contribution in [2.45, 2.75) is 56.9 Å². The molecule has 6 nitrogen and oxygen atoms in total. The maximum absolute atomic E-state index is 12.7. The van der Waals surface area contributed by atoms with Gasteiger partial charge in [0.25, 0.3) is 0 Å². The molecule has 2 N–H and O–H groups in total. The summed E-state index contributed by atoms with van der Waals surface area (Å²) < 4.78 is 26.9. The molecule has 27 heavy (non-hydrogen) atoms. The molecule has 0 saturated carbocycles. The second kappa shape index (κ2) is 9.66. The number of rotatable bonds is 8. The third-order valence-electron chi connectivity index (χ3n) is 5.31. The number of nitrogens with two attached hydrogens (primary N) is 1. The SMILES string of the molecule is CC(C)C(N)CCN(C)C(=O)Cc1ccc(S(=O)(=O)N2CCCCC2)cc1. The average Bonchev–Trinajstić information content (AvgIpc) is 2.66. The molecule has 2 rings (SSSR count). The van der Waals surface area contributed by atoms with Gasteiger partial charge < -0.3 is 10.6 Å². The van der Waals surface area contributed by atoms with Crippen LogP contribution < -0.4 is 5.73 Å². The van der Waals surface area contributed by atoms with E-state index in [1.165, 1.54) is 0 Å². The Hall–Kier alpha value is -1.44. The first-order valence-electron chi connectivity index (χ1n) is 9.80. The minimum absolute atomic E-state index is 0.0117. The lowest BCUT2D eigenvalue weighted by molar-refractivity contribution is -0.129. The molecule has 0 bridgehead atoms. The third kappa shape index (κ3) is 6.02. The molecule has 1 fully saturated rings. The van der Waals surface area contributed by atoms with Crippen molar-refractivity contribution in [2.24, 2.45) is 11.7 Å². The van der Waals surface area contributed by atoms with Crippen LogP contribution in [0.5, 0.6) is 0 Å². The Kier molecular flexibility index (Phi) is 7.82. The van der Waals surface area contributed by atoms with Gasteiger partial charge in [0.05, 0.1) is 11.3 Å². The van der Waals surface area contributed by atoms with E-state index in [1.54, 1.807) is 40.5 Å². The van der Waals surface area contributed by atoms with E-state index < -0.39 is 10.0 Å². The largest absolute Gasteiger partial charge is 0.345 e. The number of benzene rings is 1. The van der Waals surface area contributed by atoms with Gasteiger partial charge in [0.1, 0.15) is 0 Å². The van der Waals surface area contributed by atoms with Crippen molar-refractivity contribution < 1.29 is 13.2 Å². The monoisotopic (exact) mass is 395 g/mol. The minimum Gasteiger partial charge on any atom is -0.345 e. The predicted octanol–water partition coefficient (Wildman–Crippen LogP) is 2.24. The molecule has 0 spiro atoms. The molecule has 1 aliphatic heterocycles. The van der Waals surface area contributed by atoms with Crippen molar-refractivity contribution in [3.8, 4) is 0 Å². The minimum atomic E-state index is -3.43. The van der Waals surface area contributed by atoms with Gasteiger partial charge in [-0.25, -0.2) is 8.42 Å². The van der Waals surface area contributed by atoms with Crippen LogP contribution in [0.25, 0.3) is 0 Å². The van der Waals surface area contributed by atoms with Gasteiger partial charge in [0.2, 0.25) is 15.9 Å². The third-order valence-corrected chi connectivity index (χ3v) is 7.22. The van der Waals surface area contributed by atoms with Gasteiger partial charge in [-0.2, -0.15) is 4.31 Å². The smallest absolute Gasteiger partial charge is 0.243 e. The van der Waals surface area contributed by atoms with E-state index >= 15 is 0 Å². The summed E-state index contributed by atoms with van der Waals surface area (Å²) in [4.78, 5) is 14.4. The number of hydrogen-bond donors (Lipinski definition) is 1. The molecular formula is C20H33N3O3S. The molecule has 1 aromatic carbocycles. The van der Waals surface area contributed by atoms with E-state index in [0.717, 1.165) is 31.2 Å². The van der Waals surface area contributed by atoms with E-state index in [1.807, 2.05) is 0 Å². The van der Waals surface area contributed by atoms with Gasteiger partial charge in [-0.1, -0.05) is 32.4 Å². The van der Waals surface area contributed by atoms with Crippen LogP contribution in [0.15, 0.2) is 29.2 Å².